The van der Waals surface area contributed by atoms with Crippen molar-refractivity contribution >= 4 is 35.8 Å². The molecule has 1 amide bonds. The molecule has 146 valence electrons. The first-order chi connectivity index (χ1) is 12.2. The lowest BCUT2D eigenvalue weighted by atomic mass is 10.00. The van der Waals surface area contributed by atoms with Crippen molar-refractivity contribution in [3.63, 3.8) is 0 Å². The molecule has 1 aromatic carbocycles. The van der Waals surface area contributed by atoms with Gasteiger partial charge in [0.1, 0.15) is 6.54 Å². The third-order valence-corrected chi connectivity index (χ3v) is 4.16. The van der Waals surface area contributed by atoms with E-state index in [0.29, 0.717) is 12.5 Å². The number of ether oxygens (including phenoxy) is 1. The average molecular weight is 474 g/mol. The summed E-state index contributed by atoms with van der Waals surface area (Å²) in [4.78, 5) is 18.8. The number of carbonyl (C=O) groups is 1. The van der Waals surface area contributed by atoms with Gasteiger partial charge in [0.25, 0.3) is 0 Å². The molecule has 1 aliphatic rings. The van der Waals surface area contributed by atoms with Crippen molar-refractivity contribution in [3.05, 3.63) is 35.4 Å². The molecule has 2 N–H and O–H groups in total. The number of rotatable bonds is 8. The Hall–Kier alpha value is -1.35. The van der Waals surface area contributed by atoms with Gasteiger partial charge in [-0.3, -0.25) is 4.79 Å². The number of fused-ring (bicyclic) bond motifs is 1. The van der Waals surface area contributed by atoms with Gasteiger partial charge >= 0.3 is 0 Å². The summed E-state index contributed by atoms with van der Waals surface area (Å²) in [5, 5.41) is 6.42. The second-order valence-electron chi connectivity index (χ2n) is 6.01. The van der Waals surface area contributed by atoms with Crippen LogP contribution in [0.15, 0.2) is 29.3 Å². The summed E-state index contributed by atoms with van der Waals surface area (Å²) in [6.07, 6.45) is 1.83. The molecule has 2 rings (SSSR count). The number of guanidine groups is 1. The molecule has 0 aromatic heterocycles. The fourth-order valence-corrected chi connectivity index (χ4v) is 2.82. The van der Waals surface area contributed by atoms with Crippen LogP contribution in [0, 0.1) is 0 Å². The van der Waals surface area contributed by atoms with Crippen LogP contribution in [-0.4, -0.2) is 56.2 Å². The van der Waals surface area contributed by atoms with Crippen LogP contribution in [0.5, 0.6) is 0 Å². The van der Waals surface area contributed by atoms with E-state index in [9.17, 15) is 4.79 Å². The first-order valence-corrected chi connectivity index (χ1v) is 9.19. The number of benzene rings is 1. The van der Waals surface area contributed by atoms with Gasteiger partial charge in [-0.25, -0.2) is 4.99 Å². The Morgan fingerprint density at radius 1 is 1.23 bits per heavy atom. The topological polar surface area (TPSA) is 66.0 Å². The van der Waals surface area contributed by atoms with Gasteiger partial charge in [-0.15, -0.1) is 24.0 Å². The van der Waals surface area contributed by atoms with E-state index >= 15 is 0 Å². The summed E-state index contributed by atoms with van der Waals surface area (Å²) < 4.78 is 5.32. The predicted molar refractivity (Wildman–Crippen MR) is 116 cm³/mol. The third kappa shape index (κ3) is 7.49. The fourth-order valence-electron chi connectivity index (χ4n) is 2.82. The Labute approximate surface area is 173 Å². The number of nitrogens with zero attached hydrogens (tertiary/aromatic N) is 2. The second-order valence-corrected chi connectivity index (χ2v) is 6.01. The molecule has 7 heteroatoms. The van der Waals surface area contributed by atoms with Crippen molar-refractivity contribution in [2.45, 2.75) is 33.2 Å². The fraction of sp³-hybridized carbons (Fsp3) is 0.579. The highest BCUT2D eigenvalue weighted by Gasteiger charge is 2.19. The molecular weight excluding hydrogens is 443 g/mol. The molecule has 0 spiro atoms. The molecule has 1 aromatic rings. The van der Waals surface area contributed by atoms with Crippen molar-refractivity contribution in [2.24, 2.45) is 4.99 Å². The smallest absolute Gasteiger partial charge is 0.244 e. The van der Waals surface area contributed by atoms with E-state index in [1.165, 1.54) is 11.1 Å². The highest BCUT2D eigenvalue weighted by molar-refractivity contribution is 14.0. The first kappa shape index (κ1) is 22.7. The lowest BCUT2D eigenvalue weighted by Gasteiger charge is -2.28. The third-order valence-electron chi connectivity index (χ3n) is 4.16. The minimum Gasteiger partial charge on any atom is -0.382 e. The van der Waals surface area contributed by atoms with Crippen molar-refractivity contribution in [1.82, 2.24) is 15.5 Å². The van der Waals surface area contributed by atoms with Crippen molar-refractivity contribution in [1.29, 1.82) is 0 Å². The highest BCUT2D eigenvalue weighted by atomic mass is 127. The van der Waals surface area contributed by atoms with Crippen LogP contribution in [0.4, 0.5) is 0 Å². The molecule has 6 nitrogen and oxygen atoms in total. The quantitative estimate of drug-likeness (QED) is 0.263. The Balaban J connectivity index is 0.00000338. The number of aliphatic imine (C=N–C) groups is 1. The largest absolute Gasteiger partial charge is 0.382 e. The lowest BCUT2D eigenvalue weighted by molar-refractivity contribution is -0.130. The second kappa shape index (κ2) is 12.9. The molecule has 1 heterocycles. The lowest BCUT2D eigenvalue weighted by Crippen LogP contribution is -2.41. The monoisotopic (exact) mass is 474 g/mol. The van der Waals surface area contributed by atoms with Gasteiger partial charge in [-0.1, -0.05) is 24.3 Å². The van der Waals surface area contributed by atoms with E-state index < -0.39 is 0 Å². The molecular formula is C19H31IN4O2. The predicted octanol–water partition coefficient (Wildman–Crippen LogP) is 2.17. The Morgan fingerprint density at radius 2 is 2.00 bits per heavy atom. The van der Waals surface area contributed by atoms with Crippen LogP contribution in [0.1, 0.15) is 31.4 Å². The van der Waals surface area contributed by atoms with Crippen LogP contribution in [0.3, 0.4) is 0 Å². The Kier molecular flexibility index (Phi) is 11.3. The summed E-state index contributed by atoms with van der Waals surface area (Å²) in [5.41, 5.74) is 2.59. The summed E-state index contributed by atoms with van der Waals surface area (Å²) in [6.45, 7) is 8.64. The first-order valence-electron chi connectivity index (χ1n) is 9.19. The van der Waals surface area contributed by atoms with Crippen molar-refractivity contribution in [2.75, 3.05) is 39.4 Å². The van der Waals surface area contributed by atoms with Crippen molar-refractivity contribution in [3.8, 4) is 0 Å². The maximum atomic E-state index is 12.5. The van der Waals surface area contributed by atoms with Gasteiger partial charge in [0.05, 0.1) is 0 Å². The number of amides is 1. The Morgan fingerprint density at radius 3 is 2.73 bits per heavy atom. The molecule has 0 fully saturated rings. The molecule has 0 saturated carbocycles. The normalized spacial score (nSPS) is 13.6. The summed E-state index contributed by atoms with van der Waals surface area (Å²) in [5.74, 6) is 0.755. The van der Waals surface area contributed by atoms with Crippen LogP contribution in [0.25, 0.3) is 0 Å². The molecule has 1 aliphatic heterocycles. The van der Waals surface area contributed by atoms with Crippen LogP contribution in [-0.2, 0) is 22.5 Å². The SMILES string of the molecule is CCNC(=NCC(=O)N1CCc2ccccc2C1)NCCCOCC.I. The molecule has 0 bridgehead atoms. The number of hydrogen-bond donors (Lipinski definition) is 2. The van der Waals surface area contributed by atoms with E-state index in [-0.39, 0.29) is 36.4 Å². The zero-order chi connectivity index (χ0) is 17.9. The summed E-state index contributed by atoms with van der Waals surface area (Å²) >= 11 is 0. The summed E-state index contributed by atoms with van der Waals surface area (Å²) in [6, 6.07) is 8.33. The number of halogens is 1. The van der Waals surface area contributed by atoms with Crippen molar-refractivity contribution < 1.29 is 9.53 Å². The molecule has 0 atom stereocenters. The van der Waals surface area contributed by atoms with Gasteiger partial charge in [0.15, 0.2) is 5.96 Å². The minimum absolute atomic E-state index is 0. The van der Waals surface area contributed by atoms with Crippen LogP contribution < -0.4 is 10.6 Å². The van der Waals surface area contributed by atoms with Crippen LogP contribution >= 0.6 is 24.0 Å². The van der Waals surface area contributed by atoms with Crippen LogP contribution in [0.2, 0.25) is 0 Å². The molecule has 0 saturated heterocycles. The van der Waals surface area contributed by atoms with E-state index in [2.05, 4.69) is 33.8 Å². The Bertz CT molecular complexity index is 580. The summed E-state index contributed by atoms with van der Waals surface area (Å²) in [7, 11) is 0. The van der Waals surface area contributed by atoms with Gasteiger partial charge in [-0.2, -0.15) is 0 Å². The van der Waals surface area contributed by atoms with E-state index in [4.69, 9.17) is 4.74 Å². The van der Waals surface area contributed by atoms with Gasteiger partial charge in [-0.05, 0) is 37.8 Å². The number of carbonyl (C=O) groups excluding carboxylic acids is 1. The van der Waals surface area contributed by atoms with Gasteiger partial charge < -0.3 is 20.3 Å². The average Bonchev–Trinajstić information content (AvgIpc) is 2.65. The maximum absolute atomic E-state index is 12.5. The number of nitrogens with one attached hydrogen (secondary N) is 2. The molecule has 0 radical (unpaired) electrons. The molecule has 26 heavy (non-hydrogen) atoms. The standard InChI is InChI=1S/C19H30N4O2.HI/c1-3-20-19(21-11-7-13-25-4-2)22-14-18(24)23-12-10-16-8-5-6-9-17(16)15-23;/h5-6,8-9H,3-4,7,10-15H2,1-2H3,(H2,20,21,22);1H. The number of hydrogen-bond acceptors (Lipinski definition) is 3. The zero-order valence-electron chi connectivity index (χ0n) is 15.8. The molecule has 0 aliphatic carbocycles. The van der Waals surface area contributed by atoms with E-state index in [1.807, 2.05) is 24.8 Å². The minimum atomic E-state index is 0. The van der Waals surface area contributed by atoms with Gasteiger partial charge in [0, 0.05) is 39.4 Å². The maximum Gasteiger partial charge on any atom is 0.244 e. The highest BCUT2D eigenvalue weighted by Crippen LogP contribution is 2.18. The van der Waals surface area contributed by atoms with Gasteiger partial charge in [0.2, 0.25) is 5.91 Å². The molecule has 0 unspecified atom stereocenters. The van der Waals surface area contributed by atoms with E-state index in [0.717, 1.165) is 45.7 Å². The van der Waals surface area contributed by atoms with E-state index in [1.54, 1.807) is 0 Å². The zero-order valence-corrected chi connectivity index (χ0v) is 18.1.